The Kier molecular flexibility index (Phi) is 5.98. The van der Waals surface area contributed by atoms with Crippen molar-refractivity contribution in [3.63, 3.8) is 0 Å². The molecule has 132 valence electrons. The predicted molar refractivity (Wildman–Crippen MR) is 104 cm³/mol. The molecular weight excluding hydrogens is 332 g/mol. The number of amides is 1. The molecule has 4 heteroatoms. The van der Waals surface area contributed by atoms with Crippen LogP contribution in [-0.4, -0.2) is 19.0 Å². The number of nitrogens with one attached hydrogen (secondary N) is 1. The summed E-state index contributed by atoms with van der Waals surface area (Å²) in [5, 5.41) is 3.70. The first-order valence-electron chi connectivity index (χ1n) is 9.01. The van der Waals surface area contributed by atoms with E-state index in [0.29, 0.717) is 11.4 Å². The highest BCUT2D eigenvalue weighted by Crippen LogP contribution is 2.22. The summed E-state index contributed by atoms with van der Waals surface area (Å²) in [4.78, 5) is 14.7. The van der Waals surface area contributed by atoms with E-state index in [1.807, 2.05) is 31.2 Å². The van der Waals surface area contributed by atoms with Crippen molar-refractivity contribution in [2.75, 3.05) is 18.0 Å². The van der Waals surface area contributed by atoms with E-state index in [-0.39, 0.29) is 11.9 Å². The van der Waals surface area contributed by atoms with Crippen LogP contribution < -0.4 is 10.2 Å². The Hall–Kier alpha value is -2.00. The average Bonchev–Trinajstić information content (AvgIpc) is 2.64. The fourth-order valence-electron chi connectivity index (χ4n) is 3.32. The summed E-state index contributed by atoms with van der Waals surface area (Å²) in [5.74, 6) is -0.0132. The lowest BCUT2D eigenvalue weighted by Gasteiger charge is -2.29. The molecule has 1 fully saturated rings. The third-order valence-corrected chi connectivity index (χ3v) is 5.17. The highest BCUT2D eigenvalue weighted by Gasteiger charge is 2.14. The lowest BCUT2D eigenvalue weighted by Crippen LogP contribution is -2.30. The normalized spacial score (nSPS) is 15.7. The van der Waals surface area contributed by atoms with Crippen molar-refractivity contribution in [3.05, 3.63) is 64.7 Å². The second-order valence-corrected chi connectivity index (χ2v) is 7.10. The average molecular weight is 357 g/mol. The number of carbonyl (C=O) groups excluding carboxylic acids is 1. The van der Waals surface area contributed by atoms with Crippen molar-refractivity contribution in [1.29, 1.82) is 0 Å². The van der Waals surface area contributed by atoms with Gasteiger partial charge in [-0.2, -0.15) is 0 Å². The molecule has 0 radical (unpaired) electrons. The van der Waals surface area contributed by atoms with Gasteiger partial charge in [0.1, 0.15) is 0 Å². The Labute approximate surface area is 155 Å². The van der Waals surface area contributed by atoms with Crippen LogP contribution in [-0.2, 0) is 11.2 Å². The number of rotatable bonds is 5. The van der Waals surface area contributed by atoms with Crippen molar-refractivity contribution in [2.45, 2.75) is 38.6 Å². The molecule has 0 saturated carbocycles. The van der Waals surface area contributed by atoms with Crippen LogP contribution in [0, 0.1) is 0 Å². The van der Waals surface area contributed by atoms with E-state index in [2.05, 4.69) is 34.5 Å². The fraction of sp³-hybridized carbons (Fsp3) is 0.381. The van der Waals surface area contributed by atoms with Crippen LogP contribution in [0.25, 0.3) is 0 Å². The Morgan fingerprint density at radius 3 is 2.44 bits per heavy atom. The molecule has 3 nitrogen and oxygen atoms in total. The fourth-order valence-corrected chi connectivity index (χ4v) is 3.52. The van der Waals surface area contributed by atoms with E-state index < -0.39 is 0 Å². The lowest BCUT2D eigenvalue weighted by atomic mass is 10.1. The summed E-state index contributed by atoms with van der Waals surface area (Å²) in [6.07, 6.45) is 4.19. The number of carbonyl (C=O) groups is 1. The Morgan fingerprint density at radius 1 is 1.08 bits per heavy atom. The van der Waals surface area contributed by atoms with E-state index in [0.717, 1.165) is 24.2 Å². The molecule has 1 atom stereocenters. The number of halogens is 1. The van der Waals surface area contributed by atoms with Crippen molar-refractivity contribution >= 4 is 23.2 Å². The zero-order valence-corrected chi connectivity index (χ0v) is 15.4. The summed E-state index contributed by atoms with van der Waals surface area (Å²) in [5.41, 5.74) is 3.25. The molecule has 3 rings (SSSR count). The van der Waals surface area contributed by atoms with E-state index in [4.69, 9.17) is 11.6 Å². The molecule has 1 aliphatic heterocycles. The number of anilines is 1. The Balaban J connectivity index is 1.58. The molecule has 25 heavy (non-hydrogen) atoms. The highest BCUT2D eigenvalue weighted by molar-refractivity contribution is 6.31. The van der Waals surface area contributed by atoms with Gasteiger partial charge in [0, 0.05) is 23.8 Å². The molecule has 1 N–H and O–H groups in total. The molecule has 0 unspecified atom stereocenters. The first kappa shape index (κ1) is 17.8. The predicted octanol–water partition coefficient (Wildman–Crippen LogP) is 4.75. The van der Waals surface area contributed by atoms with Crippen LogP contribution in [0.15, 0.2) is 48.5 Å². The van der Waals surface area contributed by atoms with Crippen molar-refractivity contribution in [1.82, 2.24) is 5.32 Å². The number of piperidine rings is 1. The second kappa shape index (κ2) is 8.39. The molecular formula is C21H25ClN2O. The Morgan fingerprint density at radius 2 is 1.76 bits per heavy atom. The van der Waals surface area contributed by atoms with Gasteiger partial charge >= 0.3 is 0 Å². The third kappa shape index (κ3) is 4.76. The van der Waals surface area contributed by atoms with Crippen molar-refractivity contribution in [2.24, 2.45) is 0 Å². The van der Waals surface area contributed by atoms with Gasteiger partial charge in [-0.15, -0.1) is 0 Å². The minimum atomic E-state index is -0.0228. The van der Waals surface area contributed by atoms with E-state index in [1.54, 1.807) is 0 Å². The monoisotopic (exact) mass is 356 g/mol. The van der Waals surface area contributed by atoms with Gasteiger partial charge in [-0.05, 0) is 55.5 Å². The molecule has 1 aliphatic rings. The maximum absolute atomic E-state index is 12.3. The van der Waals surface area contributed by atoms with E-state index in [1.165, 1.54) is 24.9 Å². The van der Waals surface area contributed by atoms with Gasteiger partial charge in [0.05, 0.1) is 12.5 Å². The molecule has 2 aromatic rings. The molecule has 2 aromatic carbocycles. The first-order chi connectivity index (χ1) is 12.1. The third-order valence-electron chi connectivity index (χ3n) is 4.80. The Bertz CT molecular complexity index is 708. The van der Waals surface area contributed by atoms with Gasteiger partial charge in [-0.25, -0.2) is 0 Å². The molecule has 1 saturated heterocycles. The van der Waals surface area contributed by atoms with Crippen LogP contribution in [0.2, 0.25) is 5.02 Å². The minimum absolute atomic E-state index is 0.0132. The van der Waals surface area contributed by atoms with Crippen LogP contribution in [0.4, 0.5) is 5.69 Å². The van der Waals surface area contributed by atoms with Gasteiger partial charge in [0.15, 0.2) is 0 Å². The van der Waals surface area contributed by atoms with Crippen LogP contribution >= 0.6 is 11.6 Å². The molecule has 0 bridgehead atoms. The van der Waals surface area contributed by atoms with Gasteiger partial charge < -0.3 is 10.2 Å². The molecule has 1 heterocycles. The van der Waals surface area contributed by atoms with Crippen LogP contribution in [0.3, 0.4) is 0 Å². The topological polar surface area (TPSA) is 32.3 Å². The lowest BCUT2D eigenvalue weighted by molar-refractivity contribution is -0.121. The van der Waals surface area contributed by atoms with Gasteiger partial charge in [0.2, 0.25) is 5.91 Å². The van der Waals surface area contributed by atoms with Crippen LogP contribution in [0.5, 0.6) is 0 Å². The number of hydrogen-bond acceptors (Lipinski definition) is 2. The number of hydrogen-bond donors (Lipinski definition) is 1. The zero-order valence-electron chi connectivity index (χ0n) is 14.7. The van der Waals surface area contributed by atoms with E-state index in [9.17, 15) is 4.79 Å². The summed E-state index contributed by atoms with van der Waals surface area (Å²) >= 11 is 6.13. The molecule has 0 aliphatic carbocycles. The zero-order chi connectivity index (χ0) is 17.6. The second-order valence-electron chi connectivity index (χ2n) is 6.70. The molecule has 1 amide bonds. The van der Waals surface area contributed by atoms with Crippen molar-refractivity contribution in [3.8, 4) is 0 Å². The summed E-state index contributed by atoms with van der Waals surface area (Å²) in [7, 11) is 0. The summed E-state index contributed by atoms with van der Waals surface area (Å²) in [6.45, 7) is 4.30. The molecule has 0 aromatic heterocycles. The maximum atomic E-state index is 12.3. The first-order valence-corrected chi connectivity index (χ1v) is 9.39. The maximum Gasteiger partial charge on any atom is 0.224 e. The van der Waals surface area contributed by atoms with Gasteiger partial charge in [-0.1, -0.05) is 41.9 Å². The number of benzene rings is 2. The minimum Gasteiger partial charge on any atom is -0.372 e. The number of nitrogens with zero attached hydrogens (tertiary/aromatic N) is 1. The highest BCUT2D eigenvalue weighted by atomic mass is 35.5. The summed E-state index contributed by atoms with van der Waals surface area (Å²) < 4.78 is 0. The quantitative estimate of drug-likeness (QED) is 0.838. The van der Waals surface area contributed by atoms with Gasteiger partial charge in [-0.3, -0.25) is 4.79 Å². The van der Waals surface area contributed by atoms with Crippen molar-refractivity contribution < 1.29 is 4.79 Å². The summed E-state index contributed by atoms with van der Waals surface area (Å²) in [6, 6.07) is 16.0. The molecule has 0 spiro atoms. The SMILES string of the molecule is C[C@H](NC(=O)Cc1ccccc1Cl)c1ccc(N2CCCCC2)cc1. The smallest absolute Gasteiger partial charge is 0.224 e. The van der Waals surface area contributed by atoms with Crippen LogP contribution in [0.1, 0.15) is 43.4 Å². The standard InChI is InChI=1S/C21H25ClN2O/c1-16(23-21(25)15-18-7-3-4-8-20(18)22)17-9-11-19(12-10-17)24-13-5-2-6-14-24/h3-4,7-12,16H,2,5-6,13-15H2,1H3,(H,23,25)/t16-/m0/s1. The largest absolute Gasteiger partial charge is 0.372 e. The van der Waals surface area contributed by atoms with Gasteiger partial charge in [0.25, 0.3) is 0 Å². The van der Waals surface area contributed by atoms with E-state index >= 15 is 0 Å².